The van der Waals surface area contributed by atoms with E-state index >= 15 is 0 Å². The predicted molar refractivity (Wildman–Crippen MR) is 99.6 cm³/mol. The van der Waals surface area contributed by atoms with Gasteiger partial charge in [0.15, 0.2) is 0 Å². The van der Waals surface area contributed by atoms with Crippen LogP contribution in [0, 0.1) is 5.92 Å². The molecule has 1 aliphatic carbocycles. The van der Waals surface area contributed by atoms with E-state index in [9.17, 15) is 15.0 Å². The number of nitrogens with zero attached hydrogens (tertiary/aromatic N) is 3. The van der Waals surface area contributed by atoms with Gasteiger partial charge in [-0.25, -0.2) is 4.79 Å². The third-order valence-corrected chi connectivity index (χ3v) is 4.64. The lowest BCUT2D eigenvalue weighted by Crippen LogP contribution is -2.50. The molecule has 1 saturated carbocycles. The Morgan fingerprint density at radius 1 is 1.31 bits per heavy atom. The van der Waals surface area contributed by atoms with Crippen molar-refractivity contribution in [3.8, 4) is 0 Å². The van der Waals surface area contributed by atoms with E-state index in [2.05, 4.69) is 15.3 Å². The van der Waals surface area contributed by atoms with Crippen LogP contribution >= 0.6 is 0 Å². The largest absolute Gasteiger partial charge is 0.444 e. The highest BCUT2D eigenvalue weighted by Crippen LogP contribution is 2.28. The molecule has 0 saturated heterocycles. The second kappa shape index (κ2) is 11.3. The highest BCUT2D eigenvalue weighted by atomic mass is 16.6. The van der Waals surface area contributed by atoms with Crippen molar-refractivity contribution in [2.45, 2.75) is 96.0 Å². The molecule has 0 aromatic heterocycles. The van der Waals surface area contributed by atoms with Crippen LogP contribution in [0.25, 0.3) is 10.4 Å². The minimum Gasteiger partial charge on any atom is -0.444 e. The molecule has 0 aliphatic heterocycles. The maximum atomic E-state index is 12.2. The summed E-state index contributed by atoms with van der Waals surface area (Å²) in [4.78, 5) is 14.8. The van der Waals surface area contributed by atoms with Crippen LogP contribution in [-0.2, 0) is 4.74 Å². The van der Waals surface area contributed by atoms with Crippen LogP contribution in [0.1, 0.15) is 72.1 Å². The second-order valence-corrected chi connectivity index (χ2v) is 8.15. The molecule has 0 spiro atoms. The lowest BCUT2D eigenvalue weighted by molar-refractivity contribution is -0.0188. The highest BCUT2D eigenvalue weighted by molar-refractivity contribution is 5.68. The fourth-order valence-corrected chi connectivity index (χ4v) is 3.38. The van der Waals surface area contributed by atoms with Gasteiger partial charge in [0.25, 0.3) is 0 Å². The molecule has 0 aromatic carbocycles. The van der Waals surface area contributed by atoms with Gasteiger partial charge in [-0.1, -0.05) is 37.2 Å². The third kappa shape index (κ3) is 9.27. The first-order valence-electron chi connectivity index (χ1n) is 9.59. The first kappa shape index (κ1) is 22.5. The van der Waals surface area contributed by atoms with Gasteiger partial charge in [0.1, 0.15) is 11.7 Å². The van der Waals surface area contributed by atoms with Crippen molar-refractivity contribution in [3.05, 3.63) is 10.4 Å². The summed E-state index contributed by atoms with van der Waals surface area (Å²) < 4.78 is 5.30. The second-order valence-electron chi connectivity index (χ2n) is 8.15. The summed E-state index contributed by atoms with van der Waals surface area (Å²) in [6, 6.07) is -0.567. The van der Waals surface area contributed by atoms with E-state index in [1.807, 2.05) is 0 Å². The number of carbonyl (C=O) groups excluding carboxylic acids is 1. The monoisotopic (exact) mass is 370 g/mol. The number of amides is 1. The quantitative estimate of drug-likeness (QED) is 0.247. The van der Waals surface area contributed by atoms with Crippen molar-refractivity contribution in [2.75, 3.05) is 6.54 Å². The third-order valence-electron chi connectivity index (χ3n) is 4.64. The summed E-state index contributed by atoms with van der Waals surface area (Å²) in [7, 11) is 0. The lowest BCUT2D eigenvalue weighted by Gasteiger charge is -2.32. The average Bonchev–Trinajstić information content (AvgIpc) is 2.56. The Hall–Kier alpha value is -1.50. The number of alkyl carbamates (subject to hydrolysis) is 1. The number of azide groups is 1. The Kier molecular flexibility index (Phi) is 9.76. The van der Waals surface area contributed by atoms with Crippen molar-refractivity contribution >= 4 is 6.09 Å². The fraction of sp³-hybridized carbons (Fsp3) is 0.944. The number of nitrogens with one attached hydrogen (secondary N) is 1. The molecule has 0 aromatic rings. The van der Waals surface area contributed by atoms with Gasteiger partial charge in [0.05, 0.1) is 12.1 Å². The van der Waals surface area contributed by atoms with Gasteiger partial charge < -0.3 is 20.3 Å². The number of aliphatic hydroxyl groups is 2. The van der Waals surface area contributed by atoms with Gasteiger partial charge in [-0.3, -0.25) is 0 Å². The lowest BCUT2D eigenvalue weighted by atomic mass is 9.83. The number of hydrogen-bond donors (Lipinski definition) is 3. The molecule has 0 radical (unpaired) electrons. The number of rotatable bonds is 9. The molecule has 1 fully saturated rings. The van der Waals surface area contributed by atoms with E-state index < -0.39 is 29.9 Å². The first-order chi connectivity index (χ1) is 12.2. The molecule has 3 N–H and O–H groups in total. The van der Waals surface area contributed by atoms with Gasteiger partial charge >= 0.3 is 6.09 Å². The fourth-order valence-electron chi connectivity index (χ4n) is 3.38. The van der Waals surface area contributed by atoms with Crippen molar-refractivity contribution in [1.29, 1.82) is 0 Å². The van der Waals surface area contributed by atoms with Crippen LogP contribution in [0.5, 0.6) is 0 Å². The van der Waals surface area contributed by atoms with Gasteiger partial charge in [-0.2, -0.15) is 0 Å². The van der Waals surface area contributed by atoms with Crippen LogP contribution in [0.15, 0.2) is 5.11 Å². The molecule has 1 rings (SSSR count). The molecule has 8 heteroatoms. The summed E-state index contributed by atoms with van der Waals surface area (Å²) in [5, 5.41) is 27.1. The molecular formula is C18H34N4O4. The first-order valence-corrected chi connectivity index (χ1v) is 9.59. The van der Waals surface area contributed by atoms with E-state index in [0.717, 1.165) is 25.7 Å². The normalized spacial score (nSPS) is 19.1. The van der Waals surface area contributed by atoms with Crippen LogP contribution in [0.2, 0.25) is 0 Å². The molecule has 0 bridgehead atoms. The maximum Gasteiger partial charge on any atom is 0.407 e. The summed E-state index contributed by atoms with van der Waals surface area (Å²) >= 11 is 0. The highest BCUT2D eigenvalue weighted by Gasteiger charge is 2.31. The Labute approximate surface area is 155 Å². The predicted octanol–water partition coefficient (Wildman–Crippen LogP) is 3.66. The molecule has 1 aliphatic rings. The molecule has 0 heterocycles. The summed E-state index contributed by atoms with van der Waals surface area (Å²) in [6.07, 6.45) is 4.43. The van der Waals surface area contributed by atoms with E-state index in [4.69, 9.17) is 10.3 Å². The van der Waals surface area contributed by atoms with Gasteiger partial charge in [0.2, 0.25) is 0 Å². The number of carbonyl (C=O) groups is 1. The van der Waals surface area contributed by atoms with Crippen LogP contribution in [-0.4, -0.2) is 46.7 Å². The van der Waals surface area contributed by atoms with Gasteiger partial charge in [0, 0.05) is 11.5 Å². The summed E-state index contributed by atoms with van der Waals surface area (Å²) in [6.45, 7) is 5.62. The number of ether oxygens (including phenoxy) is 1. The van der Waals surface area contributed by atoms with Crippen molar-refractivity contribution in [1.82, 2.24) is 5.32 Å². The average molecular weight is 370 g/mol. The van der Waals surface area contributed by atoms with Crippen LogP contribution < -0.4 is 5.32 Å². The number of aliphatic hydroxyl groups excluding tert-OH is 2. The SMILES string of the molecule is CC(C)(C)OC(=O)N[C@@H](CC1CCCCC1)[C@@H](O)[C@@H](O)CCCN=[N+]=[N-]. The molecule has 8 nitrogen and oxygen atoms in total. The van der Waals surface area contributed by atoms with E-state index in [1.54, 1.807) is 20.8 Å². The minimum absolute atomic E-state index is 0.271. The Bertz CT molecular complexity index is 468. The van der Waals surface area contributed by atoms with Crippen molar-refractivity contribution < 1.29 is 19.7 Å². The van der Waals surface area contributed by atoms with Crippen molar-refractivity contribution in [2.24, 2.45) is 11.0 Å². The minimum atomic E-state index is -1.09. The summed E-state index contributed by atoms with van der Waals surface area (Å²) in [5.74, 6) is 0.425. The zero-order valence-electron chi connectivity index (χ0n) is 16.2. The Morgan fingerprint density at radius 2 is 1.96 bits per heavy atom. The molecule has 3 atom stereocenters. The molecule has 0 unspecified atom stereocenters. The molecular weight excluding hydrogens is 336 g/mol. The zero-order chi connectivity index (χ0) is 19.6. The van der Waals surface area contributed by atoms with E-state index in [0.29, 0.717) is 25.2 Å². The van der Waals surface area contributed by atoms with Crippen LogP contribution in [0.4, 0.5) is 4.79 Å². The van der Waals surface area contributed by atoms with E-state index in [1.165, 1.54) is 6.42 Å². The van der Waals surface area contributed by atoms with Crippen LogP contribution in [0.3, 0.4) is 0 Å². The van der Waals surface area contributed by atoms with E-state index in [-0.39, 0.29) is 6.54 Å². The Morgan fingerprint density at radius 3 is 2.54 bits per heavy atom. The van der Waals surface area contributed by atoms with Gasteiger partial charge in [-0.15, -0.1) is 0 Å². The standard InChI is InChI=1S/C18H34N4O4/c1-18(2,3)26-17(25)21-14(12-13-8-5-4-6-9-13)16(24)15(23)10-7-11-20-22-19/h13-16,23-24H,4-12H2,1-3H3,(H,21,25)/t14-,15-,16+/m0/s1. The van der Waals surface area contributed by atoms with Crippen molar-refractivity contribution in [3.63, 3.8) is 0 Å². The van der Waals surface area contributed by atoms with Gasteiger partial charge in [-0.05, 0) is 51.5 Å². The smallest absolute Gasteiger partial charge is 0.407 e. The topological polar surface area (TPSA) is 128 Å². The molecule has 150 valence electrons. The number of hydrogen-bond acceptors (Lipinski definition) is 5. The molecule has 1 amide bonds. The Balaban J connectivity index is 2.67. The zero-order valence-corrected chi connectivity index (χ0v) is 16.2. The summed E-state index contributed by atoms with van der Waals surface area (Å²) in [5.41, 5.74) is 7.66. The maximum absolute atomic E-state index is 12.2. The molecule has 26 heavy (non-hydrogen) atoms.